The number of carbonyl (C=O) groups excluding carboxylic acids is 1. The van der Waals surface area contributed by atoms with E-state index in [-0.39, 0.29) is 11.9 Å². The first kappa shape index (κ1) is 15.7. The summed E-state index contributed by atoms with van der Waals surface area (Å²) in [6, 6.07) is 8.11. The van der Waals surface area contributed by atoms with Gasteiger partial charge in [-0.3, -0.25) is 4.79 Å². The van der Waals surface area contributed by atoms with E-state index in [1.807, 2.05) is 18.2 Å². The molecular weight excluding hydrogens is 300 g/mol. The first-order valence-electron chi connectivity index (χ1n) is 9.15. The van der Waals surface area contributed by atoms with E-state index in [0.717, 1.165) is 35.6 Å². The number of nitrogens with zero attached hydrogens (tertiary/aromatic N) is 1. The Hall–Kier alpha value is -1.81. The fourth-order valence-corrected chi connectivity index (χ4v) is 4.04. The van der Waals surface area contributed by atoms with E-state index < -0.39 is 0 Å². The lowest BCUT2D eigenvalue weighted by Gasteiger charge is -2.26. The van der Waals surface area contributed by atoms with Crippen LogP contribution in [0.2, 0.25) is 0 Å². The molecule has 1 atom stereocenters. The van der Waals surface area contributed by atoms with Gasteiger partial charge in [0.05, 0.1) is 0 Å². The van der Waals surface area contributed by atoms with Crippen molar-refractivity contribution in [3.05, 3.63) is 35.6 Å². The van der Waals surface area contributed by atoms with Gasteiger partial charge in [0.2, 0.25) is 0 Å². The van der Waals surface area contributed by atoms with Crippen LogP contribution in [-0.2, 0) is 0 Å². The van der Waals surface area contributed by atoms with Crippen LogP contribution in [0.1, 0.15) is 55.1 Å². The molecule has 0 saturated carbocycles. The minimum absolute atomic E-state index is 0.0203. The summed E-state index contributed by atoms with van der Waals surface area (Å²) in [5.74, 6) is 2.11. The van der Waals surface area contributed by atoms with Gasteiger partial charge in [0.25, 0.3) is 5.91 Å². The molecule has 4 nitrogen and oxygen atoms in total. The van der Waals surface area contributed by atoms with E-state index in [0.29, 0.717) is 11.5 Å². The van der Waals surface area contributed by atoms with E-state index in [9.17, 15) is 4.79 Å². The number of piperidine rings is 1. The van der Waals surface area contributed by atoms with Crippen LogP contribution >= 0.6 is 0 Å². The highest BCUT2D eigenvalue weighted by molar-refractivity contribution is 5.97. The summed E-state index contributed by atoms with van der Waals surface area (Å²) in [6.07, 6.45) is 3.67. The Balaban J connectivity index is 1.50. The number of amides is 1. The molecule has 2 bridgehead atoms. The van der Waals surface area contributed by atoms with E-state index >= 15 is 0 Å². The zero-order valence-electron chi connectivity index (χ0n) is 14.5. The zero-order valence-corrected chi connectivity index (χ0v) is 14.5. The molecule has 1 N–H and O–H groups in total. The van der Waals surface area contributed by atoms with Crippen molar-refractivity contribution in [1.29, 1.82) is 0 Å². The number of hydrogen-bond acceptors (Lipinski definition) is 3. The highest BCUT2D eigenvalue weighted by atomic mass is 16.3. The van der Waals surface area contributed by atoms with Crippen molar-refractivity contribution in [1.82, 2.24) is 10.2 Å². The number of hydrogen-bond donors (Lipinski definition) is 1. The molecule has 3 fully saturated rings. The maximum absolute atomic E-state index is 12.7. The first-order chi connectivity index (χ1) is 11.6. The third kappa shape index (κ3) is 3.07. The fraction of sp³-hybridized carbons (Fsp3) is 0.550. The van der Waals surface area contributed by atoms with Crippen molar-refractivity contribution in [3.63, 3.8) is 0 Å². The Morgan fingerprint density at radius 1 is 1.25 bits per heavy atom. The molecule has 5 rings (SSSR count). The van der Waals surface area contributed by atoms with Crippen LogP contribution in [0.4, 0.5) is 0 Å². The van der Waals surface area contributed by atoms with Gasteiger partial charge in [-0.05, 0) is 56.5 Å². The Labute approximate surface area is 143 Å². The van der Waals surface area contributed by atoms with Crippen LogP contribution < -0.4 is 5.32 Å². The van der Waals surface area contributed by atoms with E-state index in [4.69, 9.17) is 4.42 Å². The van der Waals surface area contributed by atoms with Crippen molar-refractivity contribution in [3.8, 4) is 0 Å². The van der Waals surface area contributed by atoms with Crippen LogP contribution in [-0.4, -0.2) is 36.5 Å². The topological polar surface area (TPSA) is 45.5 Å². The molecule has 0 unspecified atom stereocenters. The molecule has 128 valence electrons. The van der Waals surface area contributed by atoms with Gasteiger partial charge >= 0.3 is 0 Å². The normalized spacial score (nSPS) is 26.7. The zero-order chi connectivity index (χ0) is 16.7. The summed E-state index contributed by atoms with van der Waals surface area (Å²) in [7, 11) is 0. The quantitative estimate of drug-likeness (QED) is 0.934. The lowest BCUT2D eigenvalue weighted by molar-refractivity contribution is 0.0929. The van der Waals surface area contributed by atoms with Crippen molar-refractivity contribution in [2.75, 3.05) is 19.6 Å². The summed E-state index contributed by atoms with van der Waals surface area (Å²) in [5, 5.41) is 4.31. The number of rotatable bonds is 3. The lowest BCUT2D eigenvalue weighted by Crippen LogP contribution is -2.41. The average molecular weight is 326 g/mol. The second kappa shape index (κ2) is 6.25. The molecule has 0 spiro atoms. The summed E-state index contributed by atoms with van der Waals surface area (Å²) >= 11 is 0. The van der Waals surface area contributed by atoms with Gasteiger partial charge in [-0.15, -0.1) is 0 Å². The van der Waals surface area contributed by atoms with Crippen LogP contribution in [0.25, 0.3) is 11.0 Å². The van der Waals surface area contributed by atoms with E-state index in [1.165, 1.54) is 25.9 Å². The molecule has 24 heavy (non-hydrogen) atoms. The van der Waals surface area contributed by atoms with Gasteiger partial charge in [-0.2, -0.15) is 0 Å². The Morgan fingerprint density at radius 3 is 2.79 bits per heavy atom. The average Bonchev–Trinajstić information content (AvgIpc) is 2.79. The molecule has 4 heterocycles. The van der Waals surface area contributed by atoms with E-state index in [1.54, 1.807) is 0 Å². The van der Waals surface area contributed by atoms with Crippen molar-refractivity contribution in [2.24, 2.45) is 5.92 Å². The van der Waals surface area contributed by atoms with Crippen LogP contribution in [0.15, 0.2) is 28.7 Å². The van der Waals surface area contributed by atoms with Crippen molar-refractivity contribution < 1.29 is 9.21 Å². The second-order valence-electron chi connectivity index (χ2n) is 7.71. The summed E-state index contributed by atoms with van der Waals surface area (Å²) < 4.78 is 5.89. The predicted molar refractivity (Wildman–Crippen MR) is 95.3 cm³/mol. The summed E-state index contributed by atoms with van der Waals surface area (Å²) in [6.45, 7) is 7.59. The largest absolute Gasteiger partial charge is 0.461 e. The number of carbonyl (C=O) groups is 1. The molecule has 1 aromatic heterocycles. The standard InChI is InChI=1S/C20H26N2O2/c1-13(2)18-10-15-3-4-16(11-19(15)24-18)20(23)21-17-9-14-5-7-22(12-17)8-6-14/h3-4,10-11,13-14,17H,5-9,12H2,1-2H3,(H,21,23)/t17-/m1/s1. The van der Waals surface area contributed by atoms with Gasteiger partial charge < -0.3 is 14.6 Å². The third-order valence-corrected chi connectivity index (χ3v) is 5.51. The molecule has 0 aliphatic carbocycles. The predicted octanol–water partition coefficient (Wildman–Crippen LogP) is 3.77. The van der Waals surface area contributed by atoms with Crippen LogP contribution in [0, 0.1) is 5.92 Å². The van der Waals surface area contributed by atoms with Crippen LogP contribution in [0.3, 0.4) is 0 Å². The van der Waals surface area contributed by atoms with Gasteiger partial charge in [0, 0.05) is 29.5 Å². The Kier molecular flexibility index (Phi) is 4.09. The summed E-state index contributed by atoms with van der Waals surface area (Å²) in [4.78, 5) is 15.2. The van der Waals surface area contributed by atoms with Crippen LogP contribution in [0.5, 0.6) is 0 Å². The Morgan fingerprint density at radius 2 is 2.04 bits per heavy atom. The monoisotopic (exact) mass is 326 g/mol. The minimum Gasteiger partial charge on any atom is -0.461 e. The highest BCUT2D eigenvalue weighted by Crippen LogP contribution is 2.28. The molecule has 4 heteroatoms. The molecule has 2 aromatic rings. The molecule has 3 aliphatic heterocycles. The lowest BCUT2D eigenvalue weighted by atomic mass is 9.94. The van der Waals surface area contributed by atoms with E-state index in [2.05, 4.69) is 30.1 Å². The minimum atomic E-state index is 0.0203. The number of fused-ring (bicyclic) bond motifs is 5. The number of nitrogens with one attached hydrogen (secondary N) is 1. The fourth-order valence-electron chi connectivity index (χ4n) is 4.04. The third-order valence-electron chi connectivity index (χ3n) is 5.51. The van der Waals surface area contributed by atoms with Crippen molar-refractivity contribution in [2.45, 2.75) is 45.1 Å². The Bertz CT molecular complexity index is 727. The van der Waals surface area contributed by atoms with Crippen molar-refractivity contribution >= 4 is 16.9 Å². The summed E-state index contributed by atoms with van der Waals surface area (Å²) in [5.41, 5.74) is 1.50. The maximum atomic E-state index is 12.7. The SMILES string of the molecule is CC(C)c1cc2ccc(C(=O)N[C@@H]3CC4CCN(CC4)C3)cc2o1. The maximum Gasteiger partial charge on any atom is 0.251 e. The van der Waals surface area contributed by atoms with Gasteiger partial charge in [0.15, 0.2) is 0 Å². The molecular formula is C20H26N2O2. The molecule has 1 amide bonds. The molecule has 3 saturated heterocycles. The van der Waals surface area contributed by atoms with Gasteiger partial charge in [-0.25, -0.2) is 0 Å². The number of benzene rings is 1. The molecule has 3 aliphatic rings. The van der Waals surface area contributed by atoms with Gasteiger partial charge in [-0.1, -0.05) is 19.9 Å². The number of furan rings is 1. The molecule has 1 aromatic carbocycles. The molecule has 0 radical (unpaired) electrons. The highest BCUT2D eigenvalue weighted by Gasteiger charge is 2.30. The smallest absolute Gasteiger partial charge is 0.251 e. The second-order valence-corrected chi connectivity index (χ2v) is 7.71. The first-order valence-corrected chi connectivity index (χ1v) is 9.15. The van der Waals surface area contributed by atoms with Gasteiger partial charge in [0.1, 0.15) is 11.3 Å².